The van der Waals surface area contributed by atoms with Crippen LogP contribution in [0.5, 0.6) is 11.5 Å². The van der Waals surface area contributed by atoms with Gasteiger partial charge < -0.3 is 34.8 Å². The topological polar surface area (TPSA) is 116 Å². The molecule has 0 spiro atoms. The van der Waals surface area contributed by atoms with E-state index in [0.717, 1.165) is 18.4 Å². The Kier molecular flexibility index (Phi) is 13.7. The zero-order valence-electron chi connectivity index (χ0n) is 23.9. The molecule has 1 heterocycles. The van der Waals surface area contributed by atoms with Gasteiger partial charge in [-0.3, -0.25) is 4.79 Å². The lowest BCUT2D eigenvalue weighted by Crippen LogP contribution is -2.42. The lowest BCUT2D eigenvalue weighted by atomic mass is 9.81. The first-order valence-electron chi connectivity index (χ1n) is 13.7. The third-order valence-corrected chi connectivity index (χ3v) is 7.14. The SMILES string of the molecule is COCCCOc1cc(C[C@@H](C[C@H](N)[C@@H](O)C[C@H](C(=O)NCc2ccco2)C(C)C)C(C)C)ccc1OC. The van der Waals surface area contributed by atoms with E-state index >= 15 is 0 Å². The standard InChI is InChI=1S/C30H48N2O6/c1-20(2)23(15-22-10-11-28(36-6)29(16-22)38-14-8-12-35-5)17-26(31)27(33)18-25(21(3)4)30(34)32-19-24-9-7-13-37-24/h7,9-11,13,16,20-21,23,25-27,33H,8,12,14-15,17-19,31H2,1-6H3,(H,32,34)/t23-,25-,26-,27-/m0/s1. The Morgan fingerprint density at radius 1 is 1.05 bits per heavy atom. The summed E-state index contributed by atoms with van der Waals surface area (Å²) >= 11 is 0. The molecule has 0 radical (unpaired) electrons. The molecule has 214 valence electrons. The number of methoxy groups -OCH3 is 2. The van der Waals surface area contributed by atoms with Gasteiger partial charge in [-0.2, -0.15) is 0 Å². The van der Waals surface area contributed by atoms with Crippen LogP contribution in [0.25, 0.3) is 0 Å². The Labute approximate surface area is 228 Å². The summed E-state index contributed by atoms with van der Waals surface area (Å²) in [5.41, 5.74) is 7.66. The maximum atomic E-state index is 12.9. The van der Waals surface area contributed by atoms with Gasteiger partial charge in [0, 0.05) is 32.1 Å². The van der Waals surface area contributed by atoms with Crippen molar-refractivity contribution in [1.82, 2.24) is 5.32 Å². The molecule has 0 saturated carbocycles. The van der Waals surface area contributed by atoms with Crippen LogP contribution in [-0.4, -0.2) is 50.6 Å². The number of aliphatic hydroxyl groups excluding tert-OH is 1. The fraction of sp³-hybridized carbons (Fsp3) is 0.633. The number of furan rings is 1. The van der Waals surface area contributed by atoms with Gasteiger partial charge in [-0.1, -0.05) is 33.8 Å². The predicted molar refractivity (Wildman–Crippen MR) is 149 cm³/mol. The van der Waals surface area contributed by atoms with Crippen LogP contribution in [-0.2, 0) is 22.5 Å². The molecule has 0 saturated heterocycles. The second-order valence-corrected chi connectivity index (χ2v) is 10.7. The number of nitrogens with two attached hydrogens (primary N) is 1. The van der Waals surface area contributed by atoms with Crippen LogP contribution < -0.4 is 20.5 Å². The molecule has 1 aromatic carbocycles. The number of amides is 1. The lowest BCUT2D eigenvalue weighted by Gasteiger charge is -2.30. The molecule has 2 rings (SSSR count). The number of benzene rings is 1. The van der Waals surface area contributed by atoms with E-state index < -0.39 is 12.1 Å². The molecular weight excluding hydrogens is 484 g/mol. The molecule has 1 aromatic heterocycles. The first-order valence-corrected chi connectivity index (χ1v) is 13.7. The molecule has 0 fully saturated rings. The third-order valence-electron chi connectivity index (χ3n) is 7.14. The van der Waals surface area contributed by atoms with Crippen molar-refractivity contribution in [3.8, 4) is 11.5 Å². The molecule has 4 N–H and O–H groups in total. The number of aliphatic hydroxyl groups is 1. The van der Waals surface area contributed by atoms with E-state index in [1.165, 1.54) is 0 Å². The van der Waals surface area contributed by atoms with Crippen LogP contribution in [0.3, 0.4) is 0 Å². The minimum Gasteiger partial charge on any atom is -0.493 e. The molecule has 1 amide bonds. The van der Waals surface area contributed by atoms with Gasteiger partial charge in [0.15, 0.2) is 11.5 Å². The first kappa shape index (κ1) is 31.7. The van der Waals surface area contributed by atoms with E-state index in [9.17, 15) is 9.90 Å². The number of hydrogen-bond acceptors (Lipinski definition) is 7. The van der Waals surface area contributed by atoms with E-state index in [0.29, 0.717) is 55.8 Å². The van der Waals surface area contributed by atoms with E-state index in [2.05, 4.69) is 25.2 Å². The predicted octanol–water partition coefficient (Wildman–Crippen LogP) is 4.58. The molecule has 4 atom stereocenters. The number of ether oxygens (including phenoxy) is 3. The van der Waals surface area contributed by atoms with E-state index in [4.69, 9.17) is 24.4 Å². The van der Waals surface area contributed by atoms with Gasteiger partial charge in [0.05, 0.1) is 32.6 Å². The molecule has 8 heteroatoms. The van der Waals surface area contributed by atoms with Gasteiger partial charge in [-0.05, 0) is 66.8 Å². The number of rotatable bonds is 18. The zero-order valence-corrected chi connectivity index (χ0v) is 23.9. The van der Waals surface area contributed by atoms with Crippen LogP contribution in [0.2, 0.25) is 0 Å². The Bertz CT molecular complexity index is 931. The van der Waals surface area contributed by atoms with E-state index in [1.54, 1.807) is 26.5 Å². The van der Waals surface area contributed by atoms with Crippen molar-refractivity contribution in [3.05, 3.63) is 47.9 Å². The summed E-state index contributed by atoms with van der Waals surface area (Å²) in [5, 5.41) is 13.9. The summed E-state index contributed by atoms with van der Waals surface area (Å²) < 4.78 is 21.8. The smallest absolute Gasteiger partial charge is 0.223 e. The normalized spacial score (nSPS) is 14.8. The second kappa shape index (κ2) is 16.4. The van der Waals surface area contributed by atoms with E-state index in [-0.39, 0.29) is 23.7 Å². The average molecular weight is 533 g/mol. The molecule has 8 nitrogen and oxygen atoms in total. The fourth-order valence-electron chi connectivity index (χ4n) is 4.58. The summed E-state index contributed by atoms with van der Waals surface area (Å²) in [6.45, 7) is 9.84. The van der Waals surface area contributed by atoms with Gasteiger partial charge in [-0.25, -0.2) is 0 Å². The highest BCUT2D eigenvalue weighted by Gasteiger charge is 2.30. The molecule has 0 unspecified atom stereocenters. The molecule has 0 aliphatic heterocycles. The van der Waals surface area contributed by atoms with Crippen molar-refractivity contribution in [2.75, 3.05) is 27.4 Å². The Morgan fingerprint density at radius 3 is 2.42 bits per heavy atom. The summed E-state index contributed by atoms with van der Waals surface area (Å²) in [6.07, 6.45) is 3.35. The summed E-state index contributed by atoms with van der Waals surface area (Å²) in [6, 6.07) is 9.18. The molecule has 0 aliphatic carbocycles. The lowest BCUT2D eigenvalue weighted by molar-refractivity contribution is -0.127. The number of carbonyl (C=O) groups excluding carboxylic acids is 1. The highest BCUT2D eigenvalue weighted by molar-refractivity contribution is 5.78. The molecule has 0 aliphatic rings. The fourth-order valence-corrected chi connectivity index (χ4v) is 4.58. The van der Waals surface area contributed by atoms with Crippen molar-refractivity contribution in [2.24, 2.45) is 29.4 Å². The minimum atomic E-state index is -0.784. The quantitative estimate of drug-likeness (QED) is 0.241. The Hall–Kier alpha value is -2.55. The van der Waals surface area contributed by atoms with Crippen molar-refractivity contribution < 1.29 is 28.5 Å². The summed E-state index contributed by atoms with van der Waals surface area (Å²) in [7, 11) is 3.31. The average Bonchev–Trinajstić information content (AvgIpc) is 3.41. The van der Waals surface area contributed by atoms with Gasteiger partial charge >= 0.3 is 0 Å². The highest BCUT2D eigenvalue weighted by Crippen LogP contribution is 2.31. The zero-order chi connectivity index (χ0) is 28.1. The van der Waals surface area contributed by atoms with Crippen molar-refractivity contribution in [3.63, 3.8) is 0 Å². The van der Waals surface area contributed by atoms with E-state index in [1.807, 2.05) is 32.0 Å². The van der Waals surface area contributed by atoms with Crippen LogP contribution in [0.15, 0.2) is 41.0 Å². The van der Waals surface area contributed by atoms with Crippen molar-refractivity contribution >= 4 is 5.91 Å². The number of hydrogen-bond donors (Lipinski definition) is 3. The van der Waals surface area contributed by atoms with Gasteiger partial charge in [0.2, 0.25) is 5.91 Å². The first-order chi connectivity index (χ1) is 18.2. The van der Waals surface area contributed by atoms with Crippen LogP contribution in [0, 0.1) is 23.7 Å². The minimum absolute atomic E-state index is 0.0657. The summed E-state index contributed by atoms with van der Waals surface area (Å²) in [4.78, 5) is 12.9. The maximum Gasteiger partial charge on any atom is 0.223 e. The van der Waals surface area contributed by atoms with Gasteiger partial charge in [-0.15, -0.1) is 0 Å². The number of carbonyl (C=O) groups is 1. The molecule has 2 aromatic rings. The number of nitrogens with one attached hydrogen (secondary N) is 1. The Morgan fingerprint density at radius 2 is 1.82 bits per heavy atom. The maximum absolute atomic E-state index is 12.9. The van der Waals surface area contributed by atoms with Crippen molar-refractivity contribution in [2.45, 2.75) is 72.1 Å². The summed E-state index contributed by atoms with van der Waals surface area (Å²) in [5.74, 6) is 2.34. The van der Waals surface area contributed by atoms with Crippen LogP contribution in [0.4, 0.5) is 0 Å². The highest BCUT2D eigenvalue weighted by atomic mass is 16.5. The van der Waals surface area contributed by atoms with Gasteiger partial charge in [0.1, 0.15) is 5.76 Å². The molecular formula is C30H48N2O6. The van der Waals surface area contributed by atoms with Gasteiger partial charge in [0.25, 0.3) is 0 Å². The molecule has 0 bridgehead atoms. The third kappa shape index (κ3) is 10.3. The largest absolute Gasteiger partial charge is 0.493 e. The van der Waals surface area contributed by atoms with Crippen LogP contribution >= 0.6 is 0 Å². The Balaban J connectivity index is 2.00. The van der Waals surface area contributed by atoms with Crippen LogP contribution in [0.1, 0.15) is 58.3 Å². The second-order valence-electron chi connectivity index (χ2n) is 10.7. The monoisotopic (exact) mass is 532 g/mol. The molecule has 38 heavy (non-hydrogen) atoms. The van der Waals surface area contributed by atoms with Crippen molar-refractivity contribution in [1.29, 1.82) is 0 Å².